The monoisotopic (exact) mass is 235 g/mol. The number of hydrogen-bond acceptors (Lipinski definition) is 2. The van der Waals surface area contributed by atoms with Crippen molar-refractivity contribution in [1.82, 2.24) is 5.32 Å². The SMILES string of the molecule is CCC1CCC(CNC(C)c2ccoc2)CC1. The van der Waals surface area contributed by atoms with Gasteiger partial charge in [0, 0.05) is 11.6 Å². The fourth-order valence-electron chi connectivity index (χ4n) is 2.83. The number of nitrogens with one attached hydrogen (secondary N) is 1. The second-order valence-corrected chi connectivity index (χ2v) is 5.48. The molecule has 1 heterocycles. The molecule has 0 amide bonds. The molecule has 1 aliphatic rings. The highest BCUT2D eigenvalue weighted by Gasteiger charge is 2.20. The average molecular weight is 235 g/mol. The van der Waals surface area contributed by atoms with Gasteiger partial charge in [-0.1, -0.05) is 26.2 Å². The van der Waals surface area contributed by atoms with Crippen molar-refractivity contribution in [1.29, 1.82) is 0 Å². The third-order valence-electron chi connectivity index (χ3n) is 4.30. The van der Waals surface area contributed by atoms with Gasteiger partial charge in [-0.25, -0.2) is 0 Å². The molecule has 1 fully saturated rings. The summed E-state index contributed by atoms with van der Waals surface area (Å²) in [5, 5.41) is 3.63. The highest BCUT2D eigenvalue weighted by atomic mass is 16.3. The van der Waals surface area contributed by atoms with E-state index in [1.54, 1.807) is 6.26 Å². The molecule has 2 heteroatoms. The molecule has 1 aliphatic carbocycles. The lowest BCUT2D eigenvalue weighted by molar-refractivity contribution is 0.258. The maximum atomic E-state index is 5.12. The zero-order chi connectivity index (χ0) is 12.1. The number of rotatable bonds is 5. The van der Waals surface area contributed by atoms with Crippen LogP contribution in [0.4, 0.5) is 0 Å². The van der Waals surface area contributed by atoms with Crippen LogP contribution in [0.1, 0.15) is 57.6 Å². The van der Waals surface area contributed by atoms with Crippen molar-refractivity contribution in [2.45, 2.75) is 52.0 Å². The third kappa shape index (κ3) is 3.60. The van der Waals surface area contributed by atoms with Gasteiger partial charge in [-0.2, -0.15) is 0 Å². The predicted molar refractivity (Wildman–Crippen MR) is 70.9 cm³/mol. The first-order chi connectivity index (χ1) is 8.29. The minimum atomic E-state index is 0.414. The van der Waals surface area contributed by atoms with Crippen LogP contribution in [0.25, 0.3) is 0 Å². The topological polar surface area (TPSA) is 25.2 Å². The average Bonchev–Trinajstić information content (AvgIpc) is 2.90. The first-order valence-electron chi connectivity index (χ1n) is 7.05. The van der Waals surface area contributed by atoms with Crippen molar-refractivity contribution in [3.8, 4) is 0 Å². The molecule has 17 heavy (non-hydrogen) atoms. The molecule has 0 aromatic carbocycles. The van der Waals surface area contributed by atoms with E-state index in [0.717, 1.165) is 18.4 Å². The fraction of sp³-hybridized carbons (Fsp3) is 0.733. The summed E-state index contributed by atoms with van der Waals surface area (Å²) in [4.78, 5) is 0. The molecule has 96 valence electrons. The lowest BCUT2D eigenvalue weighted by Gasteiger charge is -2.28. The lowest BCUT2D eigenvalue weighted by atomic mass is 9.81. The standard InChI is InChI=1S/C15H25NO/c1-3-13-4-6-14(7-5-13)10-16-12(2)15-8-9-17-11-15/h8-9,11-14,16H,3-7,10H2,1-2H3. The molecule has 1 saturated carbocycles. The van der Waals surface area contributed by atoms with Crippen molar-refractivity contribution < 1.29 is 4.42 Å². The molecule has 0 aliphatic heterocycles. The van der Waals surface area contributed by atoms with Gasteiger partial charge in [0.15, 0.2) is 0 Å². The first kappa shape index (κ1) is 12.7. The zero-order valence-electron chi connectivity index (χ0n) is 11.1. The molecule has 1 aromatic rings. The van der Waals surface area contributed by atoms with Crippen LogP contribution in [-0.4, -0.2) is 6.54 Å². The van der Waals surface area contributed by atoms with Gasteiger partial charge in [-0.3, -0.25) is 0 Å². The molecule has 0 radical (unpaired) electrons. The predicted octanol–water partition coefficient (Wildman–Crippen LogP) is 4.15. The molecule has 2 rings (SSSR count). The Morgan fingerprint density at radius 3 is 2.59 bits per heavy atom. The summed E-state index contributed by atoms with van der Waals surface area (Å²) in [6.45, 7) is 5.69. The minimum Gasteiger partial charge on any atom is -0.472 e. The summed E-state index contributed by atoms with van der Waals surface area (Å²) < 4.78 is 5.12. The van der Waals surface area contributed by atoms with Gasteiger partial charge < -0.3 is 9.73 Å². The summed E-state index contributed by atoms with van der Waals surface area (Å²) in [5.41, 5.74) is 1.26. The largest absolute Gasteiger partial charge is 0.472 e. The van der Waals surface area contributed by atoms with E-state index >= 15 is 0 Å². The second-order valence-electron chi connectivity index (χ2n) is 5.48. The van der Waals surface area contributed by atoms with Gasteiger partial charge in [0.1, 0.15) is 0 Å². The second kappa shape index (κ2) is 6.25. The van der Waals surface area contributed by atoms with Gasteiger partial charge in [-0.05, 0) is 44.2 Å². The Hall–Kier alpha value is -0.760. The highest BCUT2D eigenvalue weighted by molar-refractivity contribution is 5.10. The van der Waals surface area contributed by atoms with E-state index in [1.165, 1.54) is 37.7 Å². The Morgan fingerprint density at radius 1 is 1.29 bits per heavy atom. The Labute approximate surface area is 105 Å². The Bertz CT molecular complexity index is 299. The van der Waals surface area contributed by atoms with Crippen LogP contribution in [0.5, 0.6) is 0 Å². The van der Waals surface area contributed by atoms with Crippen molar-refractivity contribution >= 4 is 0 Å². The molecule has 0 spiro atoms. The van der Waals surface area contributed by atoms with Crippen LogP contribution in [0.3, 0.4) is 0 Å². The van der Waals surface area contributed by atoms with E-state index in [1.807, 2.05) is 12.3 Å². The molecular weight excluding hydrogens is 210 g/mol. The lowest BCUT2D eigenvalue weighted by Crippen LogP contribution is -2.28. The maximum Gasteiger partial charge on any atom is 0.0950 e. The van der Waals surface area contributed by atoms with Crippen molar-refractivity contribution in [3.63, 3.8) is 0 Å². The summed E-state index contributed by atoms with van der Waals surface area (Å²) in [6, 6.07) is 2.46. The van der Waals surface area contributed by atoms with Crippen LogP contribution in [-0.2, 0) is 0 Å². The van der Waals surface area contributed by atoms with E-state index in [9.17, 15) is 0 Å². The third-order valence-corrected chi connectivity index (χ3v) is 4.30. The molecular formula is C15H25NO. The first-order valence-corrected chi connectivity index (χ1v) is 7.05. The van der Waals surface area contributed by atoms with E-state index in [0.29, 0.717) is 6.04 Å². The van der Waals surface area contributed by atoms with Crippen LogP contribution in [0.2, 0.25) is 0 Å². The summed E-state index contributed by atoms with van der Waals surface area (Å²) in [7, 11) is 0. The Kier molecular flexibility index (Phi) is 4.66. The Morgan fingerprint density at radius 2 is 2.00 bits per heavy atom. The van der Waals surface area contributed by atoms with Crippen molar-refractivity contribution in [2.24, 2.45) is 11.8 Å². The van der Waals surface area contributed by atoms with Crippen molar-refractivity contribution in [2.75, 3.05) is 6.54 Å². The molecule has 1 atom stereocenters. The van der Waals surface area contributed by atoms with Gasteiger partial charge in [0.25, 0.3) is 0 Å². The highest BCUT2D eigenvalue weighted by Crippen LogP contribution is 2.30. The van der Waals surface area contributed by atoms with Crippen LogP contribution in [0.15, 0.2) is 23.0 Å². The van der Waals surface area contributed by atoms with Crippen LogP contribution >= 0.6 is 0 Å². The molecule has 1 aromatic heterocycles. The van der Waals surface area contributed by atoms with Gasteiger partial charge >= 0.3 is 0 Å². The molecule has 1 N–H and O–H groups in total. The quantitative estimate of drug-likeness (QED) is 0.829. The number of hydrogen-bond donors (Lipinski definition) is 1. The Balaban J connectivity index is 1.69. The number of furan rings is 1. The zero-order valence-corrected chi connectivity index (χ0v) is 11.1. The molecule has 0 saturated heterocycles. The van der Waals surface area contributed by atoms with Crippen molar-refractivity contribution in [3.05, 3.63) is 24.2 Å². The maximum absolute atomic E-state index is 5.12. The van der Waals surface area contributed by atoms with Crippen LogP contribution in [0, 0.1) is 11.8 Å². The summed E-state index contributed by atoms with van der Waals surface area (Å²) in [6.07, 6.45) is 10.6. The molecule has 0 bridgehead atoms. The van der Waals surface area contributed by atoms with Gasteiger partial charge in [0.2, 0.25) is 0 Å². The van der Waals surface area contributed by atoms with E-state index in [-0.39, 0.29) is 0 Å². The van der Waals surface area contributed by atoms with Gasteiger partial charge in [0.05, 0.1) is 12.5 Å². The van der Waals surface area contributed by atoms with Gasteiger partial charge in [-0.15, -0.1) is 0 Å². The fourth-order valence-corrected chi connectivity index (χ4v) is 2.83. The smallest absolute Gasteiger partial charge is 0.0950 e. The molecule has 2 nitrogen and oxygen atoms in total. The van der Waals surface area contributed by atoms with Crippen LogP contribution < -0.4 is 5.32 Å². The van der Waals surface area contributed by atoms with E-state index in [4.69, 9.17) is 4.42 Å². The summed E-state index contributed by atoms with van der Waals surface area (Å²) >= 11 is 0. The minimum absolute atomic E-state index is 0.414. The summed E-state index contributed by atoms with van der Waals surface area (Å²) in [5.74, 6) is 1.88. The molecule has 1 unspecified atom stereocenters. The van der Waals surface area contributed by atoms with E-state index < -0.39 is 0 Å². The normalized spacial score (nSPS) is 26.9. The van der Waals surface area contributed by atoms with E-state index in [2.05, 4.69) is 19.2 Å².